The molecule has 2 aromatic rings. The van der Waals surface area contributed by atoms with Gasteiger partial charge < -0.3 is 15.6 Å². The van der Waals surface area contributed by atoms with Gasteiger partial charge in [-0.25, -0.2) is 0 Å². The van der Waals surface area contributed by atoms with Gasteiger partial charge in [0.05, 0.1) is 6.10 Å². The maximum absolute atomic E-state index is 10.1. The van der Waals surface area contributed by atoms with Crippen LogP contribution in [-0.2, 0) is 6.61 Å². The zero-order valence-corrected chi connectivity index (χ0v) is 14.0. The van der Waals surface area contributed by atoms with Crippen LogP contribution in [0.2, 0.25) is 0 Å². The van der Waals surface area contributed by atoms with Crippen molar-refractivity contribution in [2.45, 2.75) is 51.4 Å². The predicted octanol–water partition coefficient (Wildman–Crippen LogP) is 3.86. The molecule has 3 unspecified atom stereocenters. The smallest absolute Gasteiger partial charge is 0.119 e. The van der Waals surface area contributed by atoms with Crippen LogP contribution in [0.5, 0.6) is 5.75 Å². The minimum atomic E-state index is -0.455. The molecule has 3 heteroatoms. The van der Waals surface area contributed by atoms with Gasteiger partial charge >= 0.3 is 0 Å². The van der Waals surface area contributed by atoms with Gasteiger partial charge in [-0.2, -0.15) is 0 Å². The van der Waals surface area contributed by atoms with E-state index in [4.69, 9.17) is 10.5 Å². The Labute approximate surface area is 139 Å². The zero-order chi connectivity index (χ0) is 16.7. The Balaban J connectivity index is 1.88. The molecule has 0 aliphatic carbocycles. The maximum Gasteiger partial charge on any atom is 0.119 e. The van der Waals surface area contributed by atoms with Crippen molar-refractivity contribution in [3.63, 3.8) is 0 Å². The number of hydrogen-bond donors (Lipinski definition) is 2. The Morgan fingerprint density at radius 2 is 1.70 bits per heavy atom. The molecule has 2 rings (SSSR count). The summed E-state index contributed by atoms with van der Waals surface area (Å²) in [6, 6.07) is 18.1. The molecule has 0 saturated carbocycles. The summed E-state index contributed by atoms with van der Waals surface area (Å²) in [7, 11) is 0. The van der Waals surface area contributed by atoms with Crippen molar-refractivity contribution < 1.29 is 9.84 Å². The topological polar surface area (TPSA) is 55.5 Å². The normalized spacial score (nSPS) is 15.0. The van der Waals surface area contributed by atoms with Crippen LogP contribution in [0.3, 0.4) is 0 Å². The minimum Gasteiger partial charge on any atom is -0.489 e. The number of nitrogens with two attached hydrogens (primary N) is 1. The fraction of sp³-hybridized carbons (Fsp3) is 0.400. The molecule has 2 aromatic carbocycles. The summed E-state index contributed by atoms with van der Waals surface area (Å²) in [4.78, 5) is 0. The Bertz CT molecular complexity index is 568. The van der Waals surface area contributed by atoms with Crippen molar-refractivity contribution >= 4 is 0 Å². The molecule has 0 aliphatic rings. The highest BCUT2D eigenvalue weighted by atomic mass is 16.5. The Kier molecular flexibility index (Phi) is 6.63. The van der Waals surface area contributed by atoms with Gasteiger partial charge in [0.25, 0.3) is 0 Å². The van der Waals surface area contributed by atoms with Gasteiger partial charge in [0.2, 0.25) is 0 Å². The third kappa shape index (κ3) is 5.38. The number of aliphatic hydroxyl groups is 1. The largest absolute Gasteiger partial charge is 0.489 e. The third-order valence-electron chi connectivity index (χ3n) is 4.26. The average Bonchev–Trinajstić information content (AvgIpc) is 2.60. The first kappa shape index (κ1) is 17.5. The minimum absolute atomic E-state index is 0.147. The first-order valence-electron chi connectivity index (χ1n) is 8.30. The first-order chi connectivity index (χ1) is 11.1. The van der Waals surface area contributed by atoms with Crippen LogP contribution in [0.1, 0.15) is 43.7 Å². The molecule has 124 valence electrons. The molecule has 0 aliphatic heterocycles. The number of hydrogen-bond acceptors (Lipinski definition) is 3. The lowest BCUT2D eigenvalue weighted by molar-refractivity contribution is 0.126. The van der Waals surface area contributed by atoms with Gasteiger partial charge in [0.15, 0.2) is 0 Å². The molecule has 3 N–H and O–H groups in total. The standard InChI is InChI=1S/C20H27NO2/c1-3-19(21)20(22)13-15(2)17-9-11-18(12-10-17)23-14-16-7-5-4-6-8-16/h4-12,15,19-20,22H,3,13-14,21H2,1-2H3. The van der Waals surface area contributed by atoms with Crippen molar-refractivity contribution in [3.8, 4) is 5.75 Å². The molecule has 0 spiro atoms. The monoisotopic (exact) mass is 313 g/mol. The van der Waals surface area contributed by atoms with E-state index in [2.05, 4.69) is 31.2 Å². The second-order valence-electron chi connectivity index (χ2n) is 6.12. The first-order valence-corrected chi connectivity index (χ1v) is 8.30. The molecule has 0 saturated heterocycles. The van der Waals surface area contributed by atoms with Gasteiger partial charge in [-0.3, -0.25) is 0 Å². The molecule has 0 aromatic heterocycles. The van der Waals surface area contributed by atoms with Crippen molar-refractivity contribution in [2.75, 3.05) is 0 Å². The van der Waals surface area contributed by atoms with E-state index >= 15 is 0 Å². The molecule has 0 heterocycles. The summed E-state index contributed by atoms with van der Waals surface area (Å²) in [5.41, 5.74) is 8.24. The van der Waals surface area contributed by atoms with E-state index < -0.39 is 6.10 Å². The summed E-state index contributed by atoms with van der Waals surface area (Å²) in [6.07, 6.45) is 1.02. The number of ether oxygens (including phenoxy) is 1. The molecule has 0 bridgehead atoms. The molecule has 0 fully saturated rings. The van der Waals surface area contributed by atoms with Crippen molar-refractivity contribution in [1.82, 2.24) is 0 Å². The SMILES string of the molecule is CCC(N)C(O)CC(C)c1ccc(OCc2ccccc2)cc1. The van der Waals surface area contributed by atoms with Gasteiger partial charge in [0.1, 0.15) is 12.4 Å². The molecular formula is C20H27NO2. The van der Waals surface area contributed by atoms with Gasteiger partial charge in [-0.05, 0) is 42.0 Å². The lowest BCUT2D eigenvalue weighted by atomic mass is 9.92. The van der Waals surface area contributed by atoms with Crippen molar-refractivity contribution in [2.24, 2.45) is 5.73 Å². The molecular weight excluding hydrogens is 286 g/mol. The summed E-state index contributed by atoms with van der Waals surface area (Å²) >= 11 is 0. The summed E-state index contributed by atoms with van der Waals surface area (Å²) in [5, 5.41) is 10.1. The fourth-order valence-electron chi connectivity index (χ4n) is 2.58. The van der Waals surface area contributed by atoms with Crippen LogP contribution in [0.25, 0.3) is 0 Å². The van der Waals surface area contributed by atoms with E-state index in [0.29, 0.717) is 13.0 Å². The Morgan fingerprint density at radius 3 is 2.30 bits per heavy atom. The van der Waals surface area contributed by atoms with Crippen LogP contribution >= 0.6 is 0 Å². The summed E-state index contributed by atoms with van der Waals surface area (Å²) in [6.45, 7) is 4.68. The molecule has 3 nitrogen and oxygen atoms in total. The lowest BCUT2D eigenvalue weighted by Crippen LogP contribution is -2.34. The van der Waals surface area contributed by atoms with E-state index in [-0.39, 0.29) is 12.0 Å². The van der Waals surface area contributed by atoms with Crippen LogP contribution in [0, 0.1) is 0 Å². The van der Waals surface area contributed by atoms with Crippen LogP contribution in [0.4, 0.5) is 0 Å². The highest BCUT2D eigenvalue weighted by molar-refractivity contribution is 5.29. The molecule has 3 atom stereocenters. The molecule has 23 heavy (non-hydrogen) atoms. The maximum atomic E-state index is 10.1. The van der Waals surface area contributed by atoms with Gasteiger partial charge in [-0.15, -0.1) is 0 Å². The van der Waals surface area contributed by atoms with E-state index in [1.807, 2.05) is 37.3 Å². The average molecular weight is 313 g/mol. The van der Waals surface area contributed by atoms with E-state index in [9.17, 15) is 5.11 Å². The summed E-state index contributed by atoms with van der Waals surface area (Å²) in [5.74, 6) is 1.13. The number of benzene rings is 2. The second-order valence-corrected chi connectivity index (χ2v) is 6.12. The third-order valence-corrected chi connectivity index (χ3v) is 4.26. The number of aliphatic hydroxyl groups excluding tert-OH is 1. The Hall–Kier alpha value is -1.84. The number of rotatable bonds is 8. The quantitative estimate of drug-likeness (QED) is 0.778. The molecule has 0 amide bonds. The van der Waals surface area contributed by atoms with E-state index in [1.54, 1.807) is 0 Å². The predicted molar refractivity (Wildman–Crippen MR) is 94.5 cm³/mol. The second kappa shape index (κ2) is 8.70. The summed E-state index contributed by atoms with van der Waals surface area (Å²) < 4.78 is 5.79. The molecule has 0 radical (unpaired) electrons. The van der Waals surface area contributed by atoms with Gasteiger partial charge in [0, 0.05) is 6.04 Å². The van der Waals surface area contributed by atoms with E-state index in [0.717, 1.165) is 17.7 Å². The Morgan fingerprint density at radius 1 is 1.04 bits per heavy atom. The highest BCUT2D eigenvalue weighted by Crippen LogP contribution is 2.24. The van der Waals surface area contributed by atoms with Crippen LogP contribution in [-0.4, -0.2) is 17.3 Å². The fourth-order valence-corrected chi connectivity index (χ4v) is 2.58. The van der Waals surface area contributed by atoms with Crippen LogP contribution < -0.4 is 10.5 Å². The van der Waals surface area contributed by atoms with Crippen LogP contribution in [0.15, 0.2) is 54.6 Å². The van der Waals surface area contributed by atoms with E-state index in [1.165, 1.54) is 5.56 Å². The van der Waals surface area contributed by atoms with Gasteiger partial charge in [-0.1, -0.05) is 56.3 Å². The van der Waals surface area contributed by atoms with Crippen molar-refractivity contribution in [3.05, 3.63) is 65.7 Å². The van der Waals surface area contributed by atoms with Crippen molar-refractivity contribution in [1.29, 1.82) is 0 Å². The zero-order valence-electron chi connectivity index (χ0n) is 14.0. The highest BCUT2D eigenvalue weighted by Gasteiger charge is 2.17. The lowest BCUT2D eigenvalue weighted by Gasteiger charge is -2.21.